The number of rotatable bonds is 3. The Bertz CT molecular complexity index is 656. The van der Waals surface area contributed by atoms with Gasteiger partial charge in [0.2, 0.25) is 0 Å². The van der Waals surface area contributed by atoms with Gasteiger partial charge in [-0.2, -0.15) is 15.4 Å². The Labute approximate surface area is 134 Å². The van der Waals surface area contributed by atoms with Crippen molar-refractivity contribution in [2.45, 2.75) is 31.3 Å². The number of nitrogens with zero attached hydrogens (tertiary/aromatic N) is 6. The van der Waals surface area contributed by atoms with Crippen molar-refractivity contribution in [3.05, 3.63) is 24.3 Å². The lowest BCUT2D eigenvalue weighted by molar-refractivity contribution is 0.0559. The number of aromatic amines is 1. The number of aliphatic hydroxyl groups is 1. The van der Waals surface area contributed by atoms with E-state index in [0.717, 1.165) is 31.3 Å². The van der Waals surface area contributed by atoms with E-state index in [1.54, 1.807) is 12.5 Å². The van der Waals surface area contributed by atoms with E-state index in [4.69, 9.17) is 0 Å². The third-order valence-electron chi connectivity index (χ3n) is 4.78. The number of aromatic nitrogens is 5. The summed E-state index contributed by atoms with van der Waals surface area (Å²) < 4.78 is 0. The Balaban J connectivity index is 1.52. The molecule has 0 aromatic carbocycles. The summed E-state index contributed by atoms with van der Waals surface area (Å²) in [6.45, 7) is 3.31. The van der Waals surface area contributed by atoms with Gasteiger partial charge < -0.3 is 14.9 Å². The largest absolute Gasteiger partial charge is 0.381 e. The average molecular weight is 315 g/mol. The highest BCUT2D eigenvalue weighted by atomic mass is 16.3. The number of anilines is 2. The van der Waals surface area contributed by atoms with Gasteiger partial charge >= 0.3 is 0 Å². The zero-order chi connectivity index (χ0) is 15.7. The Morgan fingerprint density at radius 2 is 1.83 bits per heavy atom. The molecule has 4 heterocycles. The van der Waals surface area contributed by atoms with Gasteiger partial charge in [-0.05, 0) is 19.3 Å². The predicted octanol–water partition coefficient (Wildman–Crippen LogP) is 0.683. The van der Waals surface area contributed by atoms with Crippen LogP contribution in [0, 0.1) is 0 Å². The Morgan fingerprint density at radius 1 is 1.04 bits per heavy atom. The van der Waals surface area contributed by atoms with Gasteiger partial charge in [-0.1, -0.05) is 0 Å². The molecule has 0 amide bonds. The van der Waals surface area contributed by atoms with Gasteiger partial charge in [0.25, 0.3) is 0 Å². The maximum Gasteiger partial charge on any atom is 0.134 e. The minimum absolute atomic E-state index is 0.468. The highest BCUT2D eigenvalue weighted by molar-refractivity contribution is 5.51. The van der Waals surface area contributed by atoms with Crippen LogP contribution in [0.3, 0.4) is 0 Å². The molecule has 8 heteroatoms. The molecule has 1 atom stereocenters. The molecule has 122 valence electrons. The van der Waals surface area contributed by atoms with E-state index in [0.29, 0.717) is 18.7 Å². The molecular weight excluding hydrogens is 294 g/mol. The van der Waals surface area contributed by atoms with Crippen molar-refractivity contribution in [1.82, 2.24) is 25.4 Å². The van der Waals surface area contributed by atoms with Gasteiger partial charge in [-0.15, -0.1) is 0 Å². The number of H-pyrrole nitrogens is 1. The lowest BCUT2D eigenvalue weighted by Crippen LogP contribution is -2.32. The van der Waals surface area contributed by atoms with Crippen molar-refractivity contribution in [2.75, 3.05) is 36.0 Å². The molecule has 8 nitrogen and oxygen atoms in total. The molecular formula is C15H21N7O. The Hall–Kier alpha value is -2.22. The second-order valence-corrected chi connectivity index (χ2v) is 6.34. The summed E-state index contributed by atoms with van der Waals surface area (Å²) >= 11 is 0. The normalized spacial score (nSPS) is 25.1. The molecule has 2 aliphatic rings. The summed E-state index contributed by atoms with van der Waals surface area (Å²) in [6, 6.07) is 2.03. The van der Waals surface area contributed by atoms with Gasteiger partial charge in [0, 0.05) is 32.1 Å². The molecule has 4 rings (SSSR count). The minimum atomic E-state index is -0.969. The van der Waals surface area contributed by atoms with E-state index < -0.39 is 5.60 Å². The lowest BCUT2D eigenvalue weighted by atomic mass is 10.0. The number of nitrogens with one attached hydrogen (secondary N) is 1. The molecule has 2 N–H and O–H groups in total. The smallest absolute Gasteiger partial charge is 0.134 e. The maximum atomic E-state index is 10.8. The summed E-state index contributed by atoms with van der Waals surface area (Å²) in [4.78, 5) is 13.2. The van der Waals surface area contributed by atoms with Gasteiger partial charge in [-0.25, -0.2) is 9.97 Å². The molecule has 2 aliphatic heterocycles. The van der Waals surface area contributed by atoms with Crippen LogP contribution in [0.2, 0.25) is 0 Å². The fourth-order valence-electron chi connectivity index (χ4n) is 3.43. The van der Waals surface area contributed by atoms with Crippen LogP contribution >= 0.6 is 0 Å². The van der Waals surface area contributed by atoms with Crippen molar-refractivity contribution in [3.63, 3.8) is 0 Å². The molecule has 0 spiro atoms. The van der Waals surface area contributed by atoms with E-state index in [-0.39, 0.29) is 0 Å². The first-order valence-electron chi connectivity index (χ1n) is 8.15. The average Bonchev–Trinajstić information content (AvgIpc) is 3.27. The van der Waals surface area contributed by atoms with Crippen LogP contribution in [-0.2, 0) is 5.60 Å². The van der Waals surface area contributed by atoms with Crippen LogP contribution in [-0.4, -0.2) is 56.7 Å². The standard InChI is InChI=1S/C15H21N7O/c23-15(12-9-18-20-19-12)4-7-22(10-15)14-8-13(16-11-17-14)21-5-2-1-3-6-21/h8-9,11,23H,1-7,10H2,(H,18,19,20)/t15-/m0/s1. The van der Waals surface area contributed by atoms with E-state index in [1.807, 2.05) is 6.07 Å². The van der Waals surface area contributed by atoms with Crippen molar-refractivity contribution < 1.29 is 5.11 Å². The van der Waals surface area contributed by atoms with Crippen LogP contribution in [0.25, 0.3) is 0 Å². The Kier molecular flexibility index (Phi) is 3.60. The van der Waals surface area contributed by atoms with Crippen LogP contribution in [0.4, 0.5) is 11.6 Å². The second-order valence-electron chi connectivity index (χ2n) is 6.34. The van der Waals surface area contributed by atoms with Crippen molar-refractivity contribution >= 4 is 11.6 Å². The summed E-state index contributed by atoms with van der Waals surface area (Å²) in [6.07, 6.45) is 7.55. The summed E-state index contributed by atoms with van der Waals surface area (Å²) in [7, 11) is 0. The first kappa shape index (κ1) is 14.4. The number of piperidine rings is 1. The van der Waals surface area contributed by atoms with Gasteiger partial charge in [-0.3, -0.25) is 0 Å². The number of hydrogen-bond donors (Lipinski definition) is 2. The van der Waals surface area contributed by atoms with Gasteiger partial charge in [0.1, 0.15) is 29.3 Å². The third-order valence-corrected chi connectivity index (χ3v) is 4.78. The SMILES string of the molecule is O[C@@]1(c2cn[nH]n2)CCN(c2cc(N3CCCCC3)ncn2)C1. The summed E-state index contributed by atoms with van der Waals surface area (Å²) in [5, 5.41) is 21.2. The summed E-state index contributed by atoms with van der Waals surface area (Å²) in [5.41, 5.74) is -0.381. The van der Waals surface area contributed by atoms with E-state index in [9.17, 15) is 5.11 Å². The van der Waals surface area contributed by atoms with E-state index in [2.05, 4.69) is 35.2 Å². The molecule has 0 radical (unpaired) electrons. The molecule has 0 saturated carbocycles. The minimum Gasteiger partial charge on any atom is -0.381 e. The number of β-amino-alcohol motifs (C(OH)–C–C–N with tert-alkyl or cyclic N) is 1. The highest BCUT2D eigenvalue weighted by Crippen LogP contribution is 2.33. The Morgan fingerprint density at radius 3 is 2.57 bits per heavy atom. The first-order chi connectivity index (χ1) is 11.2. The monoisotopic (exact) mass is 315 g/mol. The topological polar surface area (TPSA) is 94.1 Å². The molecule has 2 saturated heterocycles. The van der Waals surface area contributed by atoms with Crippen LogP contribution < -0.4 is 9.80 Å². The van der Waals surface area contributed by atoms with Crippen LogP contribution in [0.1, 0.15) is 31.4 Å². The van der Waals surface area contributed by atoms with Crippen molar-refractivity contribution in [1.29, 1.82) is 0 Å². The van der Waals surface area contributed by atoms with Gasteiger partial charge in [0.15, 0.2) is 0 Å². The second kappa shape index (κ2) is 5.77. The predicted molar refractivity (Wildman–Crippen MR) is 85.2 cm³/mol. The molecule has 0 bridgehead atoms. The molecule has 0 aliphatic carbocycles. The zero-order valence-electron chi connectivity index (χ0n) is 13.0. The zero-order valence-corrected chi connectivity index (χ0v) is 13.0. The fourth-order valence-corrected chi connectivity index (χ4v) is 3.43. The van der Waals surface area contributed by atoms with Gasteiger partial charge in [0.05, 0.1) is 12.7 Å². The molecule has 2 aromatic rings. The lowest BCUT2D eigenvalue weighted by Gasteiger charge is -2.28. The van der Waals surface area contributed by atoms with Crippen LogP contribution in [0.5, 0.6) is 0 Å². The third kappa shape index (κ3) is 2.74. The molecule has 23 heavy (non-hydrogen) atoms. The highest BCUT2D eigenvalue weighted by Gasteiger charge is 2.40. The fraction of sp³-hybridized carbons (Fsp3) is 0.600. The van der Waals surface area contributed by atoms with Crippen molar-refractivity contribution in [2.24, 2.45) is 0 Å². The quantitative estimate of drug-likeness (QED) is 0.860. The molecule has 2 aromatic heterocycles. The summed E-state index contributed by atoms with van der Waals surface area (Å²) in [5.74, 6) is 1.84. The molecule has 0 unspecified atom stereocenters. The molecule has 2 fully saturated rings. The van der Waals surface area contributed by atoms with E-state index in [1.165, 1.54) is 19.3 Å². The van der Waals surface area contributed by atoms with Crippen molar-refractivity contribution in [3.8, 4) is 0 Å². The van der Waals surface area contributed by atoms with E-state index >= 15 is 0 Å². The number of hydrogen-bond acceptors (Lipinski definition) is 7. The van der Waals surface area contributed by atoms with Crippen LogP contribution in [0.15, 0.2) is 18.6 Å². The first-order valence-corrected chi connectivity index (χ1v) is 8.15. The maximum absolute atomic E-state index is 10.8.